The lowest BCUT2D eigenvalue weighted by Gasteiger charge is -2.40. The average Bonchev–Trinajstić information content (AvgIpc) is 2.98. The van der Waals surface area contributed by atoms with Gasteiger partial charge in [-0.3, -0.25) is 9.59 Å². The zero-order valence-corrected chi connectivity index (χ0v) is 14.3. The summed E-state index contributed by atoms with van der Waals surface area (Å²) in [6.45, 7) is 2.90. The molecule has 0 aliphatic carbocycles. The molecule has 0 aromatic heterocycles. The normalized spacial score (nSPS) is 28.1. The first-order chi connectivity index (χ1) is 11.0. The van der Waals surface area contributed by atoms with E-state index in [1.165, 1.54) is 0 Å². The summed E-state index contributed by atoms with van der Waals surface area (Å²) in [4.78, 5) is 28.3. The topological polar surface area (TPSA) is 59.1 Å². The minimum atomic E-state index is -0.303. The van der Waals surface area contributed by atoms with Gasteiger partial charge in [-0.25, -0.2) is 0 Å². The molecular weight excluding hydrogens is 296 g/mol. The van der Waals surface area contributed by atoms with E-state index in [4.69, 9.17) is 9.47 Å². The average molecular weight is 324 g/mol. The summed E-state index contributed by atoms with van der Waals surface area (Å²) in [5.41, 5.74) is -0.192. The predicted octanol–water partition coefficient (Wildman–Crippen LogP) is 1.04. The molecule has 3 fully saturated rings. The minimum Gasteiger partial charge on any atom is -0.381 e. The summed E-state index contributed by atoms with van der Waals surface area (Å²) in [7, 11) is 3.54. The Balaban J connectivity index is 1.52. The van der Waals surface area contributed by atoms with Crippen LogP contribution in [0.5, 0.6) is 0 Å². The molecule has 23 heavy (non-hydrogen) atoms. The van der Waals surface area contributed by atoms with E-state index in [9.17, 15) is 9.59 Å². The Bertz CT molecular complexity index is 452. The van der Waals surface area contributed by atoms with Crippen molar-refractivity contribution in [1.29, 1.82) is 0 Å². The van der Waals surface area contributed by atoms with Crippen molar-refractivity contribution in [2.24, 2.45) is 5.92 Å². The van der Waals surface area contributed by atoms with Gasteiger partial charge in [0.05, 0.1) is 5.60 Å². The third-order valence-electron chi connectivity index (χ3n) is 5.53. The minimum absolute atomic E-state index is 0.0580. The highest BCUT2D eigenvalue weighted by molar-refractivity contribution is 5.81. The summed E-state index contributed by atoms with van der Waals surface area (Å²) in [6, 6.07) is 0. The molecule has 3 aliphatic rings. The van der Waals surface area contributed by atoms with E-state index < -0.39 is 0 Å². The lowest BCUT2D eigenvalue weighted by Crippen LogP contribution is -2.49. The predicted molar refractivity (Wildman–Crippen MR) is 84.9 cm³/mol. The molecule has 2 amide bonds. The Morgan fingerprint density at radius 2 is 1.70 bits per heavy atom. The molecule has 0 bridgehead atoms. The lowest BCUT2D eigenvalue weighted by atomic mass is 9.87. The lowest BCUT2D eigenvalue weighted by molar-refractivity contribution is -0.153. The number of nitrogens with zero attached hydrogens (tertiary/aromatic N) is 2. The van der Waals surface area contributed by atoms with Crippen LogP contribution in [-0.4, -0.2) is 73.7 Å². The quantitative estimate of drug-likeness (QED) is 0.761. The third kappa shape index (κ3) is 3.53. The molecular formula is C17H28N2O4. The Kier molecular flexibility index (Phi) is 4.92. The molecule has 6 nitrogen and oxygen atoms in total. The van der Waals surface area contributed by atoms with Gasteiger partial charge in [-0.1, -0.05) is 0 Å². The van der Waals surface area contributed by atoms with E-state index in [-0.39, 0.29) is 29.4 Å². The second kappa shape index (κ2) is 6.77. The van der Waals surface area contributed by atoms with Gasteiger partial charge in [-0.15, -0.1) is 0 Å². The highest BCUT2D eigenvalue weighted by atomic mass is 16.5. The maximum absolute atomic E-state index is 12.6. The van der Waals surface area contributed by atoms with Crippen molar-refractivity contribution in [2.45, 2.75) is 50.2 Å². The molecule has 3 heterocycles. The molecule has 0 N–H and O–H groups in total. The molecule has 0 aromatic carbocycles. The molecule has 0 aromatic rings. The van der Waals surface area contributed by atoms with Crippen LogP contribution in [0.1, 0.15) is 38.5 Å². The Labute approximate surface area is 138 Å². The van der Waals surface area contributed by atoms with E-state index in [2.05, 4.69) is 0 Å². The summed E-state index contributed by atoms with van der Waals surface area (Å²) in [6.07, 6.45) is 4.80. The van der Waals surface area contributed by atoms with Crippen LogP contribution in [0.4, 0.5) is 0 Å². The first-order valence-electron chi connectivity index (χ1n) is 8.76. The van der Waals surface area contributed by atoms with Crippen molar-refractivity contribution < 1.29 is 19.1 Å². The van der Waals surface area contributed by atoms with Crippen molar-refractivity contribution in [3.63, 3.8) is 0 Å². The van der Waals surface area contributed by atoms with Gasteiger partial charge >= 0.3 is 0 Å². The molecule has 3 rings (SSSR count). The number of ether oxygens (including phenoxy) is 2. The van der Waals surface area contributed by atoms with Crippen LogP contribution in [0, 0.1) is 5.92 Å². The zero-order chi connectivity index (χ0) is 16.4. The zero-order valence-electron chi connectivity index (χ0n) is 14.3. The van der Waals surface area contributed by atoms with Gasteiger partial charge in [-0.2, -0.15) is 0 Å². The highest BCUT2D eigenvalue weighted by Gasteiger charge is 2.46. The number of hydrogen-bond donors (Lipinski definition) is 0. The molecule has 0 radical (unpaired) electrons. The third-order valence-corrected chi connectivity index (χ3v) is 5.53. The van der Waals surface area contributed by atoms with Crippen molar-refractivity contribution in [3.05, 3.63) is 0 Å². The summed E-state index contributed by atoms with van der Waals surface area (Å²) in [5, 5.41) is 0. The van der Waals surface area contributed by atoms with Gasteiger partial charge in [0, 0.05) is 46.3 Å². The number of hydrogen-bond acceptors (Lipinski definition) is 4. The van der Waals surface area contributed by atoms with Crippen molar-refractivity contribution in [2.75, 3.05) is 40.4 Å². The molecule has 3 aliphatic heterocycles. The van der Waals surface area contributed by atoms with E-state index in [1.54, 1.807) is 19.0 Å². The van der Waals surface area contributed by atoms with Gasteiger partial charge in [-0.05, 0) is 38.5 Å². The molecule has 3 saturated heterocycles. The first kappa shape index (κ1) is 16.7. The fourth-order valence-electron chi connectivity index (χ4n) is 3.98. The maximum Gasteiger partial charge on any atom is 0.251 e. The number of rotatable bonds is 2. The van der Waals surface area contributed by atoms with E-state index in [0.29, 0.717) is 13.2 Å². The van der Waals surface area contributed by atoms with Crippen LogP contribution in [-0.2, 0) is 19.1 Å². The molecule has 6 heteroatoms. The van der Waals surface area contributed by atoms with Crippen LogP contribution in [0.25, 0.3) is 0 Å². The van der Waals surface area contributed by atoms with Gasteiger partial charge < -0.3 is 19.3 Å². The van der Waals surface area contributed by atoms with Crippen LogP contribution in [0.3, 0.4) is 0 Å². The van der Waals surface area contributed by atoms with Crippen LogP contribution in [0.15, 0.2) is 0 Å². The maximum atomic E-state index is 12.6. The second-order valence-corrected chi connectivity index (χ2v) is 7.27. The fourth-order valence-corrected chi connectivity index (χ4v) is 3.98. The number of carbonyl (C=O) groups excluding carboxylic acids is 2. The van der Waals surface area contributed by atoms with Crippen molar-refractivity contribution >= 4 is 11.8 Å². The number of likely N-dealkylation sites (tertiary alicyclic amines) is 1. The number of likely N-dealkylation sites (N-methyl/N-ethyl adjacent to an activating group) is 1. The summed E-state index contributed by atoms with van der Waals surface area (Å²) >= 11 is 0. The van der Waals surface area contributed by atoms with Gasteiger partial charge in [0.1, 0.15) is 6.10 Å². The van der Waals surface area contributed by atoms with Gasteiger partial charge in [0.15, 0.2) is 0 Å². The first-order valence-corrected chi connectivity index (χ1v) is 8.76. The standard InChI is InChI=1S/C17H28N2O4/c1-18(2)16(21)14-3-6-17(23-14)7-9-19(10-8-17)15(20)13-4-11-22-12-5-13/h13-14H,3-12H2,1-2H3/t14-/m0/s1. The van der Waals surface area contributed by atoms with E-state index >= 15 is 0 Å². The number of piperidine rings is 1. The largest absolute Gasteiger partial charge is 0.381 e. The Hall–Kier alpha value is -1.14. The molecule has 1 atom stereocenters. The highest BCUT2D eigenvalue weighted by Crippen LogP contribution is 2.39. The van der Waals surface area contributed by atoms with Crippen molar-refractivity contribution in [1.82, 2.24) is 9.80 Å². The Morgan fingerprint density at radius 3 is 2.30 bits per heavy atom. The Morgan fingerprint density at radius 1 is 1.04 bits per heavy atom. The van der Waals surface area contributed by atoms with Crippen LogP contribution in [0.2, 0.25) is 0 Å². The second-order valence-electron chi connectivity index (χ2n) is 7.27. The smallest absolute Gasteiger partial charge is 0.251 e. The monoisotopic (exact) mass is 324 g/mol. The molecule has 0 saturated carbocycles. The summed E-state index contributed by atoms with van der Waals surface area (Å²) in [5.74, 6) is 0.468. The van der Waals surface area contributed by atoms with E-state index in [0.717, 1.165) is 51.6 Å². The van der Waals surface area contributed by atoms with Gasteiger partial charge in [0.2, 0.25) is 5.91 Å². The van der Waals surface area contributed by atoms with Crippen LogP contribution < -0.4 is 0 Å². The molecule has 1 spiro atoms. The fraction of sp³-hybridized carbons (Fsp3) is 0.882. The van der Waals surface area contributed by atoms with Gasteiger partial charge in [0.25, 0.3) is 5.91 Å². The molecule has 0 unspecified atom stereocenters. The SMILES string of the molecule is CN(C)C(=O)[C@@H]1CCC2(CCN(C(=O)C3CCOCC3)CC2)O1. The number of amides is 2. The van der Waals surface area contributed by atoms with Crippen molar-refractivity contribution in [3.8, 4) is 0 Å². The number of carbonyl (C=O) groups is 2. The summed E-state index contributed by atoms with van der Waals surface area (Å²) < 4.78 is 11.5. The van der Waals surface area contributed by atoms with E-state index in [1.807, 2.05) is 4.90 Å². The van der Waals surface area contributed by atoms with Crippen LogP contribution >= 0.6 is 0 Å². The molecule has 130 valence electrons.